The molecule has 3 aromatic carbocycles. The van der Waals surface area contributed by atoms with E-state index in [0.29, 0.717) is 0 Å². The monoisotopic (exact) mass is 358 g/mol. The van der Waals surface area contributed by atoms with Crippen molar-refractivity contribution < 1.29 is 4.74 Å². The summed E-state index contributed by atoms with van der Waals surface area (Å²) in [6.07, 6.45) is 0. The Balaban J connectivity index is 1.94. The smallest absolute Gasteiger partial charge is 0.133 e. The van der Waals surface area contributed by atoms with Gasteiger partial charge in [0.1, 0.15) is 11.5 Å². The summed E-state index contributed by atoms with van der Waals surface area (Å²) in [4.78, 5) is 4.22. The Hall–Kier alpha value is -2.94. The molecule has 0 N–H and O–H groups in total. The van der Waals surface area contributed by atoms with Crippen LogP contribution in [0.4, 0.5) is 11.4 Å². The van der Waals surface area contributed by atoms with Crippen molar-refractivity contribution in [3.05, 3.63) is 82.9 Å². The van der Waals surface area contributed by atoms with Crippen molar-refractivity contribution in [1.82, 2.24) is 0 Å². The summed E-state index contributed by atoms with van der Waals surface area (Å²) in [5.41, 5.74) is 7.36. The third-order valence-corrected chi connectivity index (χ3v) is 5.37. The molecule has 0 amide bonds. The summed E-state index contributed by atoms with van der Waals surface area (Å²) in [6.45, 7) is 2.19. The van der Waals surface area contributed by atoms with Crippen LogP contribution in [-0.2, 0) is 0 Å². The summed E-state index contributed by atoms with van der Waals surface area (Å²) in [5.74, 6) is 2.06. The number of ether oxygens (including phenoxy) is 1. The molecule has 1 heterocycles. The van der Waals surface area contributed by atoms with Crippen molar-refractivity contribution in [3.63, 3.8) is 0 Å². The molecule has 3 aromatic rings. The Morgan fingerprint density at radius 1 is 0.667 bits per heavy atom. The highest BCUT2D eigenvalue weighted by atomic mass is 16.5. The predicted octanol–water partition coefficient (Wildman–Crippen LogP) is 5.41. The van der Waals surface area contributed by atoms with Crippen LogP contribution in [0.1, 0.15) is 28.2 Å². The minimum absolute atomic E-state index is 0.178. The van der Waals surface area contributed by atoms with E-state index in [9.17, 15) is 0 Å². The van der Waals surface area contributed by atoms with Gasteiger partial charge in [-0.1, -0.05) is 36.4 Å². The van der Waals surface area contributed by atoms with E-state index in [1.807, 2.05) is 0 Å². The Morgan fingerprint density at radius 2 is 1.19 bits per heavy atom. The molecule has 0 saturated heterocycles. The zero-order chi connectivity index (χ0) is 19.1. The number of aryl methyl sites for hydroxylation is 1. The Labute approximate surface area is 161 Å². The zero-order valence-corrected chi connectivity index (χ0v) is 16.7. The number of anilines is 2. The molecule has 3 nitrogen and oxygen atoms in total. The van der Waals surface area contributed by atoms with Crippen LogP contribution in [0.3, 0.4) is 0 Å². The Morgan fingerprint density at radius 3 is 1.67 bits per heavy atom. The average Bonchev–Trinajstić information content (AvgIpc) is 2.65. The van der Waals surface area contributed by atoms with Crippen molar-refractivity contribution in [1.29, 1.82) is 0 Å². The lowest BCUT2D eigenvalue weighted by atomic mass is 9.80. The Kier molecular flexibility index (Phi) is 4.31. The molecule has 3 heteroatoms. The van der Waals surface area contributed by atoms with Crippen LogP contribution in [0.15, 0.2) is 60.7 Å². The van der Waals surface area contributed by atoms with E-state index in [4.69, 9.17) is 4.74 Å². The van der Waals surface area contributed by atoms with E-state index < -0.39 is 0 Å². The predicted molar refractivity (Wildman–Crippen MR) is 114 cm³/mol. The molecular formula is C24H26N2O. The van der Waals surface area contributed by atoms with Gasteiger partial charge in [-0.2, -0.15) is 0 Å². The van der Waals surface area contributed by atoms with E-state index in [0.717, 1.165) is 22.9 Å². The van der Waals surface area contributed by atoms with Crippen molar-refractivity contribution in [3.8, 4) is 11.5 Å². The number of hydrogen-bond donors (Lipinski definition) is 0. The summed E-state index contributed by atoms with van der Waals surface area (Å²) in [6, 6.07) is 21.7. The maximum Gasteiger partial charge on any atom is 0.133 e. The molecule has 0 fully saturated rings. The standard InChI is InChI=1S/C24H26N2O/c1-16-8-6-7-9-19(16)24-20-12-10-17(25(2)3)14-22(20)27-23-15-18(26(4)5)11-13-21(23)24/h6-15,24H,1-5H3. The van der Waals surface area contributed by atoms with Gasteiger partial charge in [0, 0.05) is 68.7 Å². The molecule has 0 aromatic heterocycles. The first kappa shape index (κ1) is 17.5. The molecule has 4 rings (SSSR count). The molecule has 1 aliphatic rings. The van der Waals surface area contributed by atoms with Crippen molar-refractivity contribution in [2.24, 2.45) is 0 Å². The fourth-order valence-electron chi connectivity index (χ4n) is 3.79. The minimum atomic E-state index is 0.178. The molecular weight excluding hydrogens is 332 g/mol. The first-order valence-corrected chi connectivity index (χ1v) is 9.31. The summed E-state index contributed by atoms with van der Waals surface area (Å²) in [7, 11) is 8.23. The number of rotatable bonds is 3. The quantitative estimate of drug-likeness (QED) is 0.487. The maximum absolute atomic E-state index is 6.40. The summed E-state index contributed by atoms with van der Waals surface area (Å²) >= 11 is 0. The van der Waals surface area contributed by atoms with Gasteiger partial charge in [-0.15, -0.1) is 0 Å². The summed E-state index contributed by atoms with van der Waals surface area (Å²) < 4.78 is 6.40. The van der Waals surface area contributed by atoms with E-state index in [-0.39, 0.29) is 5.92 Å². The number of nitrogens with zero attached hydrogens (tertiary/aromatic N) is 2. The first-order chi connectivity index (χ1) is 13.0. The van der Waals surface area contributed by atoms with Crippen LogP contribution in [0.5, 0.6) is 11.5 Å². The van der Waals surface area contributed by atoms with E-state index in [1.54, 1.807) is 0 Å². The second-order valence-corrected chi connectivity index (χ2v) is 7.62. The zero-order valence-electron chi connectivity index (χ0n) is 16.7. The normalized spacial score (nSPS) is 12.8. The molecule has 0 atom stereocenters. The third-order valence-electron chi connectivity index (χ3n) is 5.37. The lowest BCUT2D eigenvalue weighted by molar-refractivity contribution is 0.453. The molecule has 0 radical (unpaired) electrons. The van der Waals surface area contributed by atoms with Crippen LogP contribution in [0.25, 0.3) is 0 Å². The Bertz CT molecular complexity index is 934. The van der Waals surface area contributed by atoms with Crippen LogP contribution in [0.2, 0.25) is 0 Å². The summed E-state index contributed by atoms with van der Waals surface area (Å²) in [5, 5.41) is 0. The van der Waals surface area contributed by atoms with Crippen molar-refractivity contribution in [2.75, 3.05) is 38.0 Å². The lowest BCUT2D eigenvalue weighted by Crippen LogP contribution is -2.16. The molecule has 0 aliphatic carbocycles. The largest absolute Gasteiger partial charge is 0.457 e. The highest BCUT2D eigenvalue weighted by Crippen LogP contribution is 2.49. The average molecular weight is 358 g/mol. The minimum Gasteiger partial charge on any atom is -0.457 e. The molecule has 1 aliphatic heterocycles. The topological polar surface area (TPSA) is 15.7 Å². The second kappa shape index (κ2) is 6.66. The number of hydrogen-bond acceptors (Lipinski definition) is 3. The van der Waals surface area contributed by atoms with E-state index >= 15 is 0 Å². The molecule has 0 spiro atoms. The van der Waals surface area contributed by atoms with Gasteiger partial charge in [-0.3, -0.25) is 0 Å². The molecule has 0 bridgehead atoms. The van der Waals surface area contributed by atoms with Crippen LogP contribution in [0, 0.1) is 6.92 Å². The first-order valence-electron chi connectivity index (χ1n) is 9.31. The van der Waals surface area contributed by atoms with Gasteiger partial charge in [0.15, 0.2) is 0 Å². The van der Waals surface area contributed by atoms with Gasteiger partial charge in [-0.05, 0) is 30.2 Å². The molecule has 0 saturated carbocycles. The van der Waals surface area contributed by atoms with Crippen LogP contribution < -0.4 is 14.5 Å². The van der Waals surface area contributed by atoms with Gasteiger partial charge in [-0.25, -0.2) is 0 Å². The lowest BCUT2D eigenvalue weighted by Gasteiger charge is -2.31. The number of benzene rings is 3. The van der Waals surface area contributed by atoms with Crippen LogP contribution in [-0.4, -0.2) is 28.2 Å². The fraction of sp³-hybridized carbons (Fsp3) is 0.250. The van der Waals surface area contributed by atoms with Gasteiger partial charge in [0.05, 0.1) is 0 Å². The van der Waals surface area contributed by atoms with Gasteiger partial charge in [0.2, 0.25) is 0 Å². The van der Waals surface area contributed by atoms with Crippen molar-refractivity contribution >= 4 is 11.4 Å². The third kappa shape index (κ3) is 3.03. The SMILES string of the molecule is Cc1ccccc1C1c2ccc(N(C)C)cc2Oc2cc(N(C)C)ccc21. The van der Waals surface area contributed by atoms with Gasteiger partial charge in [0.25, 0.3) is 0 Å². The fourth-order valence-corrected chi connectivity index (χ4v) is 3.79. The maximum atomic E-state index is 6.40. The number of fused-ring (bicyclic) bond motifs is 2. The molecule has 27 heavy (non-hydrogen) atoms. The molecule has 0 unspecified atom stereocenters. The van der Waals surface area contributed by atoms with Crippen molar-refractivity contribution in [2.45, 2.75) is 12.8 Å². The van der Waals surface area contributed by atoms with Crippen LogP contribution >= 0.6 is 0 Å². The van der Waals surface area contributed by atoms with E-state index in [2.05, 4.69) is 106 Å². The van der Waals surface area contributed by atoms with Gasteiger partial charge < -0.3 is 14.5 Å². The van der Waals surface area contributed by atoms with E-state index in [1.165, 1.54) is 22.3 Å². The second-order valence-electron chi connectivity index (χ2n) is 7.62. The van der Waals surface area contributed by atoms with Gasteiger partial charge >= 0.3 is 0 Å². The highest BCUT2D eigenvalue weighted by molar-refractivity contribution is 5.66. The molecule has 138 valence electrons. The highest BCUT2D eigenvalue weighted by Gasteiger charge is 2.30.